The van der Waals surface area contributed by atoms with Gasteiger partial charge in [0.25, 0.3) is 5.91 Å². The molecule has 1 aromatic carbocycles. The maximum Gasteiger partial charge on any atom is 0.253 e. The minimum absolute atomic E-state index is 0.00292. The number of sulfonamides is 1. The van der Waals surface area contributed by atoms with Crippen molar-refractivity contribution in [2.24, 2.45) is 5.73 Å². The topological polar surface area (TPSA) is 113 Å². The summed E-state index contributed by atoms with van der Waals surface area (Å²) in [6.07, 6.45) is 0. The van der Waals surface area contributed by atoms with Gasteiger partial charge >= 0.3 is 0 Å². The zero-order valence-electron chi connectivity index (χ0n) is 13.7. The van der Waals surface area contributed by atoms with Gasteiger partial charge in [-0.25, -0.2) is 8.42 Å². The first kappa shape index (κ1) is 18.4. The lowest BCUT2D eigenvalue weighted by atomic mass is 10.2. The molecule has 24 heavy (non-hydrogen) atoms. The highest BCUT2D eigenvalue weighted by Crippen LogP contribution is 2.19. The number of piperazine rings is 1. The van der Waals surface area contributed by atoms with Gasteiger partial charge in [-0.3, -0.25) is 9.59 Å². The molecule has 132 valence electrons. The third kappa shape index (κ3) is 3.74. The molecule has 9 heteroatoms. The average Bonchev–Trinajstić information content (AvgIpc) is 2.59. The Morgan fingerprint density at radius 3 is 2.79 bits per heavy atom. The van der Waals surface area contributed by atoms with Crippen molar-refractivity contribution in [3.8, 4) is 0 Å². The minimum Gasteiger partial charge on any atom is -0.354 e. The molecule has 3 N–H and O–H groups in total. The summed E-state index contributed by atoms with van der Waals surface area (Å²) in [5, 5.41) is 2.58. The first-order chi connectivity index (χ1) is 11.3. The number of likely N-dealkylation sites (N-methyl/N-ethyl adjacent to an activating group) is 1. The van der Waals surface area contributed by atoms with Crippen LogP contribution in [0.5, 0.6) is 0 Å². The molecule has 0 saturated carbocycles. The molecule has 2 amide bonds. The van der Waals surface area contributed by atoms with Gasteiger partial charge < -0.3 is 16.0 Å². The van der Waals surface area contributed by atoms with Gasteiger partial charge in [-0.1, -0.05) is 6.07 Å². The van der Waals surface area contributed by atoms with E-state index in [9.17, 15) is 18.0 Å². The molecule has 1 atom stereocenters. The van der Waals surface area contributed by atoms with Crippen LogP contribution in [-0.4, -0.2) is 68.7 Å². The Morgan fingerprint density at radius 2 is 2.17 bits per heavy atom. The fourth-order valence-electron chi connectivity index (χ4n) is 2.32. The van der Waals surface area contributed by atoms with Gasteiger partial charge in [0, 0.05) is 38.3 Å². The van der Waals surface area contributed by atoms with Crippen LogP contribution in [0.25, 0.3) is 0 Å². The molecule has 1 saturated heterocycles. The number of nitrogens with zero attached hydrogens (tertiary/aromatic N) is 2. The highest BCUT2D eigenvalue weighted by atomic mass is 32.2. The molecule has 8 nitrogen and oxygen atoms in total. The maximum atomic E-state index is 12.7. The van der Waals surface area contributed by atoms with Gasteiger partial charge in [-0.2, -0.15) is 4.31 Å². The van der Waals surface area contributed by atoms with E-state index in [1.807, 2.05) is 6.92 Å². The van der Waals surface area contributed by atoms with Gasteiger partial charge in [-0.15, -0.1) is 0 Å². The Labute approximate surface area is 141 Å². The van der Waals surface area contributed by atoms with Crippen LogP contribution >= 0.6 is 0 Å². The molecular formula is C15H22N4O4S. The lowest BCUT2D eigenvalue weighted by Crippen LogP contribution is -2.49. The first-order valence-corrected chi connectivity index (χ1v) is 9.05. The van der Waals surface area contributed by atoms with E-state index in [4.69, 9.17) is 5.73 Å². The lowest BCUT2D eigenvalue weighted by molar-refractivity contribution is -0.122. The predicted molar refractivity (Wildman–Crippen MR) is 88.8 cm³/mol. The zero-order valence-corrected chi connectivity index (χ0v) is 14.5. The lowest BCUT2D eigenvalue weighted by Gasteiger charge is -2.26. The Balaban J connectivity index is 2.29. The van der Waals surface area contributed by atoms with Crippen molar-refractivity contribution in [3.63, 3.8) is 0 Å². The van der Waals surface area contributed by atoms with Gasteiger partial charge in [-0.05, 0) is 25.1 Å². The third-order valence-electron chi connectivity index (χ3n) is 4.04. The number of nitrogens with one attached hydrogen (secondary N) is 1. The Morgan fingerprint density at radius 1 is 1.46 bits per heavy atom. The highest BCUT2D eigenvalue weighted by molar-refractivity contribution is 7.89. The van der Waals surface area contributed by atoms with Crippen LogP contribution in [-0.2, 0) is 14.8 Å². The van der Waals surface area contributed by atoms with E-state index >= 15 is 0 Å². The van der Waals surface area contributed by atoms with E-state index in [2.05, 4.69) is 5.32 Å². The molecule has 1 aliphatic heterocycles. The van der Waals surface area contributed by atoms with Crippen LogP contribution < -0.4 is 11.1 Å². The van der Waals surface area contributed by atoms with Gasteiger partial charge in [0.2, 0.25) is 15.9 Å². The van der Waals surface area contributed by atoms with Crippen LogP contribution in [0.2, 0.25) is 0 Å². The molecule has 1 heterocycles. The third-order valence-corrected chi connectivity index (χ3v) is 5.89. The second kappa shape index (κ2) is 7.29. The summed E-state index contributed by atoms with van der Waals surface area (Å²) in [4.78, 5) is 25.4. The fraction of sp³-hybridized carbons (Fsp3) is 0.467. The second-order valence-electron chi connectivity index (χ2n) is 5.72. The first-order valence-electron chi connectivity index (χ1n) is 7.61. The molecule has 0 radical (unpaired) electrons. The SMILES string of the molecule is CC(CN)N(C)C(=O)c1cccc(S(=O)(=O)N2CCNC(=O)C2)c1. The minimum atomic E-state index is -3.83. The van der Waals surface area contributed by atoms with Gasteiger partial charge in [0.1, 0.15) is 0 Å². The van der Waals surface area contributed by atoms with Crippen molar-refractivity contribution in [2.45, 2.75) is 17.9 Å². The summed E-state index contributed by atoms with van der Waals surface area (Å²) >= 11 is 0. The van der Waals surface area contributed by atoms with Crippen molar-refractivity contribution >= 4 is 21.8 Å². The fourth-order valence-corrected chi connectivity index (χ4v) is 3.76. The van der Waals surface area contributed by atoms with E-state index in [0.29, 0.717) is 6.54 Å². The summed E-state index contributed by atoms with van der Waals surface area (Å²) in [6, 6.07) is 5.67. The molecule has 0 aliphatic carbocycles. The number of amides is 2. The number of benzene rings is 1. The number of hydrogen-bond acceptors (Lipinski definition) is 5. The number of hydrogen-bond donors (Lipinski definition) is 2. The van der Waals surface area contributed by atoms with Crippen LogP contribution in [0.3, 0.4) is 0 Å². The Hall–Kier alpha value is -1.97. The van der Waals surface area contributed by atoms with Crippen LogP contribution in [0.15, 0.2) is 29.2 Å². The number of nitrogens with two attached hydrogens (primary N) is 1. The number of carbonyl (C=O) groups is 2. The summed E-state index contributed by atoms with van der Waals surface area (Å²) in [5.74, 6) is -0.644. The zero-order chi connectivity index (χ0) is 17.9. The largest absolute Gasteiger partial charge is 0.354 e. The van der Waals surface area contributed by atoms with Crippen molar-refractivity contribution in [1.29, 1.82) is 0 Å². The predicted octanol–water partition coefficient (Wildman–Crippen LogP) is -0.774. The van der Waals surface area contributed by atoms with Crippen LogP contribution in [0.4, 0.5) is 0 Å². The molecular weight excluding hydrogens is 332 g/mol. The Kier molecular flexibility index (Phi) is 5.58. The van der Waals surface area contributed by atoms with E-state index < -0.39 is 10.0 Å². The van der Waals surface area contributed by atoms with Gasteiger partial charge in [0.15, 0.2) is 0 Å². The number of carbonyl (C=O) groups excluding carboxylic acids is 2. The Bertz CT molecular complexity index is 735. The van der Waals surface area contributed by atoms with Gasteiger partial charge in [0.05, 0.1) is 11.4 Å². The molecule has 2 rings (SSSR count). The van der Waals surface area contributed by atoms with E-state index in [1.165, 1.54) is 23.1 Å². The van der Waals surface area contributed by atoms with E-state index in [1.54, 1.807) is 13.1 Å². The quantitative estimate of drug-likeness (QED) is 0.721. The summed E-state index contributed by atoms with van der Waals surface area (Å²) in [5.41, 5.74) is 5.83. The van der Waals surface area contributed by atoms with Crippen LogP contribution in [0, 0.1) is 0 Å². The molecule has 0 spiro atoms. The smallest absolute Gasteiger partial charge is 0.253 e. The number of rotatable bonds is 5. The summed E-state index contributed by atoms with van der Waals surface area (Å²) in [6.45, 7) is 2.38. The molecule has 1 aromatic rings. The highest BCUT2D eigenvalue weighted by Gasteiger charge is 2.29. The molecule has 1 unspecified atom stereocenters. The summed E-state index contributed by atoms with van der Waals surface area (Å²) < 4.78 is 26.4. The standard InChI is InChI=1S/C15H22N4O4S/c1-11(9-16)18(2)15(21)12-4-3-5-13(8-12)24(22,23)19-7-6-17-14(20)10-19/h3-5,8,11H,6-7,9-10,16H2,1-2H3,(H,17,20). The van der Waals surface area contributed by atoms with Crippen LogP contribution in [0.1, 0.15) is 17.3 Å². The maximum absolute atomic E-state index is 12.7. The summed E-state index contributed by atoms with van der Waals surface area (Å²) in [7, 11) is -2.20. The van der Waals surface area contributed by atoms with E-state index in [-0.39, 0.29) is 47.9 Å². The van der Waals surface area contributed by atoms with E-state index in [0.717, 1.165) is 4.31 Å². The second-order valence-corrected chi connectivity index (χ2v) is 7.66. The molecule has 1 aliphatic rings. The van der Waals surface area contributed by atoms with Crippen molar-refractivity contribution in [1.82, 2.24) is 14.5 Å². The normalized spacial score (nSPS) is 17.2. The average molecular weight is 354 g/mol. The molecule has 0 aromatic heterocycles. The monoisotopic (exact) mass is 354 g/mol. The molecule has 1 fully saturated rings. The van der Waals surface area contributed by atoms with Crippen molar-refractivity contribution < 1.29 is 18.0 Å². The van der Waals surface area contributed by atoms with Crippen molar-refractivity contribution in [3.05, 3.63) is 29.8 Å². The van der Waals surface area contributed by atoms with Crippen molar-refractivity contribution in [2.75, 3.05) is 33.2 Å². The molecule has 0 bridgehead atoms.